The quantitative estimate of drug-likeness (QED) is 0.0281. The zero-order valence-corrected chi connectivity index (χ0v) is 81.1. The van der Waals surface area contributed by atoms with Gasteiger partial charge in [-0.15, -0.1) is 0 Å². The number of anilines is 3. The molecule has 0 radical (unpaired) electrons. The molecule has 38 nitrogen and oxygen atoms in total. The van der Waals surface area contributed by atoms with Crippen LogP contribution in [0, 0.1) is 99.5 Å². The lowest BCUT2D eigenvalue weighted by atomic mass is 9.61. The number of aliphatic carboxylic acids is 3. The molecule has 0 aromatic carbocycles. The summed E-state index contributed by atoms with van der Waals surface area (Å²) in [5, 5.41) is 77.2. The number of rotatable bonds is 22. The number of hydrogen-bond donors (Lipinski definition) is 11. The summed E-state index contributed by atoms with van der Waals surface area (Å²) in [5.74, 6) is -3.02. The highest BCUT2D eigenvalue weighted by molar-refractivity contribution is 6.31. The highest BCUT2D eigenvalue weighted by atomic mass is 35.5. The monoisotopic (exact) mass is 2030 g/mol. The molecular weight excluding hydrogens is 1920 g/mol. The number of hydrogen-bond acceptors (Lipinski definition) is 28. The lowest BCUT2D eigenvalue weighted by Gasteiger charge is -2.47. The summed E-state index contributed by atoms with van der Waals surface area (Å²) in [7, 11) is 0. The number of carbonyl (C=O) groups excluding carboxylic acids is 2. The largest absolute Gasteiger partial charge is 0.481 e. The number of aromatic amines is 5. The third-order valence-electron chi connectivity index (χ3n) is 31.0. The molecule has 2 saturated heterocycles. The van der Waals surface area contributed by atoms with Gasteiger partial charge >= 0.3 is 17.9 Å². The van der Waals surface area contributed by atoms with Gasteiger partial charge in [0.15, 0.2) is 104 Å². The molecule has 2 aliphatic heterocycles. The molecule has 9 saturated carbocycles. The van der Waals surface area contributed by atoms with E-state index in [4.69, 9.17) is 11.6 Å². The number of aromatic nitrogens is 25. The van der Waals surface area contributed by atoms with Gasteiger partial charge in [0.25, 0.3) is 0 Å². The number of carboxylic acid groups (broad SMARTS) is 3. The number of nitrogens with zero attached hydrogens (tertiary/aromatic N) is 22. The highest BCUT2D eigenvalue weighted by Gasteiger charge is 2.50. The van der Waals surface area contributed by atoms with Crippen molar-refractivity contribution in [3.63, 3.8) is 0 Å². The first-order valence-electron chi connectivity index (χ1n) is 50.4. The predicted molar refractivity (Wildman–Crippen MR) is 528 cm³/mol. The van der Waals surface area contributed by atoms with Gasteiger partial charge in [-0.2, -0.15) is 25.5 Å². The van der Waals surface area contributed by atoms with Gasteiger partial charge in [-0.3, -0.25) is 49.5 Å². The Bertz CT molecular complexity index is 7170. The Labute approximate surface area is 841 Å². The van der Waals surface area contributed by atoms with Crippen molar-refractivity contribution >= 4 is 114 Å². The minimum atomic E-state index is -0.881. The fourth-order valence-electron chi connectivity index (χ4n) is 23.4. The van der Waals surface area contributed by atoms with E-state index < -0.39 is 70.1 Å². The third kappa shape index (κ3) is 21.9. The van der Waals surface area contributed by atoms with Gasteiger partial charge in [0.05, 0.1) is 81.6 Å². The molecule has 764 valence electrons. The van der Waals surface area contributed by atoms with Crippen LogP contribution in [0.3, 0.4) is 0 Å². The van der Waals surface area contributed by atoms with Gasteiger partial charge < -0.3 is 41.1 Å². The molecule has 2 amide bonds. The number of amides is 2. The van der Waals surface area contributed by atoms with Crippen LogP contribution >= 0.6 is 11.6 Å². The van der Waals surface area contributed by atoms with E-state index in [1.807, 2.05) is 34.1 Å². The van der Waals surface area contributed by atoms with Crippen LogP contribution in [0.4, 0.5) is 43.8 Å². The minimum Gasteiger partial charge on any atom is -0.481 e. The van der Waals surface area contributed by atoms with E-state index in [2.05, 4.69) is 142 Å². The lowest BCUT2D eigenvalue weighted by molar-refractivity contribution is -0.154. The lowest BCUT2D eigenvalue weighted by Crippen LogP contribution is -2.51. The van der Waals surface area contributed by atoms with E-state index in [0.29, 0.717) is 122 Å². The average Bonchev–Trinajstić information content (AvgIpc) is 1.74. The Morgan fingerprint density at radius 2 is 0.776 bits per heavy atom. The molecule has 11 fully saturated rings. The van der Waals surface area contributed by atoms with Crippen molar-refractivity contribution in [2.75, 3.05) is 42.1 Å². The maximum atomic E-state index is 14.6. The van der Waals surface area contributed by atoms with E-state index in [0.717, 1.165) is 221 Å². The van der Waals surface area contributed by atoms with E-state index >= 15 is 0 Å². The van der Waals surface area contributed by atoms with E-state index in [9.17, 15) is 65.6 Å². The van der Waals surface area contributed by atoms with Crippen LogP contribution in [-0.4, -0.2) is 225 Å². The third-order valence-corrected chi connectivity index (χ3v) is 31.2. The molecule has 147 heavy (non-hydrogen) atoms. The second-order valence-corrected chi connectivity index (χ2v) is 40.6. The fraction of sp³-hybridized carbons (Fsp3) is 0.461. The van der Waals surface area contributed by atoms with Gasteiger partial charge in [0, 0.05) is 98.1 Å². The zero-order valence-electron chi connectivity index (χ0n) is 80.4. The molecule has 4 unspecified atom stereocenters. The first-order chi connectivity index (χ1) is 71.3. The minimum absolute atomic E-state index is 0.0282. The van der Waals surface area contributed by atoms with Crippen LogP contribution in [0.1, 0.15) is 185 Å². The molecule has 26 rings (SSSR count). The Balaban J connectivity index is 0.000000112. The molecule has 10 atom stereocenters. The SMILES string of the molecule is C[C@]1(C(=O)O)CCCC[C@@H]1Cc1nc(-c2[nH]nc3ncc(Cl)cc23)ncc1F.O=C(C[C@@H]1CCC[C@H](Cc2nc(-c3[nH]nc4ncc(F)cc34)ncc2F)C1)N1CCCC1.O=C(C[C@@H]1CCC[C@H](Nc2nc(-c3[nH]nc4ncccc34)ncc2F)C1)N1CCCC1.O=C(O)C1C2CCC(CC2)C1Nc1nc(-c2[nH]nc3ncccc23)ncc1F.O=C(O)C1C2CCC(CC2)C1Nc1nc(-c2[nH]nc3ncccc23)ncc1F. The maximum absolute atomic E-state index is 14.6. The average molecular weight is 2030 g/mol. The van der Waals surface area contributed by atoms with Gasteiger partial charge in [0.1, 0.15) is 34.3 Å². The summed E-state index contributed by atoms with van der Waals surface area (Å²) in [6.07, 6.45) is 38.0. The molecule has 15 aromatic rings. The fourth-order valence-corrected chi connectivity index (χ4v) is 23.5. The highest BCUT2D eigenvalue weighted by Crippen LogP contribution is 2.50. The summed E-state index contributed by atoms with van der Waals surface area (Å²) in [4.78, 5) is 128. The number of carbonyl (C=O) groups is 5. The maximum Gasteiger partial charge on any atom is 0.309 e. The molecule has 9 aliphatic carbocycles. The van der Waals surface area contributed by atoms with Crippen LogP contribution in [0.25, 0.3) is 113 Å². The van der Waals surface area contributed by atoms with Crippen molar-refractivity contribution in [1.29, 1.82) is 0 Å². The summed E-state index contributed by atoms with van der Waals surface area (Å²) in [6, 6.07) is 13.4. The van der Waals surface area contributed by atoms with Crippen molar-refractivity contribution in [2.24, 2.45) is 64.6 Å². The van der Waals surface area contributed by atoms with Crippen LogP contribution in [-0.2, 0) is 36.8 Å². The Morgan fingerprint density at radius 1 is 0.395 bits per heavy atom. The number of pyridine rings is 5. The number of fused-ring (bicyclic) bond motifs is 11. The van der Waals surface area contributed by atoms with Crippen molar-refractivity contribution < 1.29 is 65.6 Å². The van der Waals surface area contributed by atoms with Crippen molar-refractivity contribution in [2.45, 2.75) is 205 Å². The smallest absolute Gasteiger partial charge is 0.309 e. The summed E-state index contributed by atoms with van der Waals surface area (Å²) >= 11 is 6.02. The molecule has 45 heteroatoms. The standard InChI is InChI=1S/C23H26F2N6O.C22H26FN7O.C19H19ClFN5O2.2C19H19FN6O2/c24-16-11-17-21(29-30-22(17)26-12-16)23-27-13-18(25)19(28-23)9-14-4-3-5-15(8-14)10-20(32)31-6-1-2-7-31;23-17-13-25-22(19-16-7-4-8-24-20(16)29-28-19)27-21(17)26-15-6-3-5-14(11-15)12-18(31)30-9-1-2-10-30;1-19(18(27)28)5-3-2-4-10(19)6-14-13(21)9-23-17(24-14)15-12-7-11(20)8-22-16(12)26-25-15;2*20-12-8-22-18(15-11-2-1-7-21-16(11)26-25-15)24-17(12)23-14-10-5-3-9(4-6-10)13(14)19(27)28/h11-15H,1-10H2,(H,26,29,30);4,7-8,13-15H,1-3,5-6,9-12H2,(H,24,28,29)(H,25,26,27);7-10H,2-6H2,1H3,(H,27,28)(H,22,25,26);2*1-2,7-10,13-14H,3-6H2,(H,27,28)(H,21,25,26)(H,22,23,24)/t2*14-,15+;10-,19+;;/m011../s1. The molecular formula is C102H109ClF6N30O8. The van der Waals surface area contributed by atoms with Gasteiger partial charge in [-0.1, -0.05) is 43.7 Å². The molecule has 4 bridgehead atoms. The molecule has 11 aliphatic rings. The number of nitrogens with one attached hydrogen (secondary N) is 8. The number of likely N-dealkylation sites (tertiary alicyclic amines) is 2. The number of carboxylic acids is 3. The first-order valence-corrected chi connectivity index (χ1v) is 50.8. The zero-order chi connectivity index (χ0) is 102. The van der Waals surface area contributed by atoms with E-state index in [1.54, 1.807) is 43.7 Å². The Morgan fingerprint density at radius 3 is 1.22 bits per heavy atom. The van der Waals surface area contributed by atoms with E-state index in [1.165, 1.54) is 18.5 Å². The van der Waals surface area contributed by atoms with Gasteiger partial charge in [-0.25, -0.2) is 101 Å². The van der Waals surface area contributed by atoms with Crippen molar-refractivity contribution in [1.82, 2.24) is 136 Å². The Kier molecular flexibility index (Phi) is 29.6. The number of H-pyrrole nitrogens is 5. The second-order valence-electron chi connectivity index (χ2n) is 40.2. The van der Waals surface area contributed by atoms with Crippen LogP contribution in [0.2, 0.25) is 5.02 Å². The van der Waals surface area contributed by atoms with Gasteiger partial charge in [-0.05, 0) is 238 Å². The summed E-state index contributed by atoms with van der Waals surface area (Å²) in [6.45, 7) is 5.28. The molecule has 11 N–H and O–H groups in total. The first kappa shape index (κ1) is 99.5. The van der Waals surface area contributed by atoms with Crippen molar-refractivity contribution in [3.05, 3.63) is 162 Å². The normalized spacial score (nSPS) is 23.6. The Hall–Kier alpha value is -14.9. The molecule has 0 spiro atoms. The van der Waals surface area contributed by atoms with Crippen LogP contribution < -0.4 is 16.0 Å². The van der Waals surface area contributed by atoms with E-state index in [-0.39, 0.29) is 118 Å². The predicted octanol–water partition coefficient (Wildman–Crippen LogP) is 17.3. The van der Waals surface area contributed by atoms with Gasteiger partial charge in [0.2, 0.25) is 11.8 Å². The summed E-state index contributed by atoms with van der Waals surface area (Å²) in [5.41, 5.74) is 4.73. The topological polar surface area (TPSA) is 525 Å². The van der Waals surface area contributed by atoms with Crippen LogP contribution in [0.15, 0.2) is 110 Å². The molecule has 15 aromatic heterocycles. The number of halogens is 7. The van der Waals surface area contributed by atoms with Crippen LogP contribution in [0.5, 0.6) is 0 Å². The van der Waals surface area contributed by atoms with Crippen molar-refractivity contribution in [3.8, 4) is 57.6 Å². The molecule has 17 heterocycles. The summed E-state index contributed by atoms with van der Waals surface area (Å²) < 4.78 is 86.2. The second kappa shape index (κ2) is 43.8.